The van der Waals surface area contributed by atoms with Crippen molar-refractivity contribution < 1.29 is 4.74 Å². The fraction of sp³-hybridized carbons (Fsp3) is 0.364. The van der Waals surface area contributed by atoms with Crippen LogP contribution in [0.25, 0.3) is 0 Å². The molecule has 7 heteroatoms. The van der Waals surface area contributed by atoms with Gasteiger partial charge in [0.2, 0.25) is 11.8 Å². The van der Waals surface area contributed by atoms with Crippen molar-refractivity contribution in [3.8, 4) is 5.88 Å². The zero-order valence-electron chi connectivity index (χ0n) is 9.98. The molecule has 0 aliphatic rings. The van der Waals surface area contributed by atoms with Crippen molar-refractivity contribution in [3.63, 3.8) is 0 Å². The smallest absolute Gasteiger partial charge is 0.232 e. The van der Waals surface area contributed by atoms with E-state index in [1.807, 2.05) is 6.20 Å². The summed E-state index contributed by atoms with van der Waals surface area (Å²) in [5.74, 6) is 2.08. The number of nitrogens with one attached hydrogen (secondary N) is 2. The van der Waals surface area contributed by atoms with E-state index in [1.54, 1.807) is 19.5 Å². The number of imidazole rings is 1. The van der Waals surface area contributed by atoms with Gasteiger partial charge in [0.25, 0.3) is 0 Å². The minimum Gasteiger partial charge on any atom is -0.480 e. The van der Waals surface area contributed by atoms with Gasteiger partial charge < -0.3 is 15.0 Å². The lowest BCUT2D eigenvalue weighted by molar-refractivity contribution is 0.394. The third-order valence-corrected chi connectivity index (χ3v) is 2.88. The number of hydrogen-bond acceptors (Lipinski definition) is 5. The average molecular weight is 312 g/mol. The number of ether oxygens (including phenoxy) is 1. The van der Waals surface area contributed by atoms with Gasteiger partial charge in [-0.05, 0) is 22.4 Å². The van der Waals surface area contributed by atoms with Crippen molar-refractivity contribution in [2.24, 2.45) is 0 Å². The molecule has 0 aromatic carbocycles. The van der Waals surface area contributed by atoms with Gasteiger partial charge in [-0.25, -0.2) is 9.97 Å². The van der Waals surface area contributed by atoms with Gasteiger partial charge in [0.15, 0.2) is 0 Å². The maximum atomic E-state index is 5.10. The molecule has 2 heterocycles. The number of hydrogen-bond donors (Lipinski definition) is 2. The number of H-pyrrole nitrogens is 1. The lowest BCUT2D eigenvalue weighted by Gasteiger charge is -2.06. The van der Waals surface area contributed by atoms with Crippen molar-refractivity contribution in [3.05, 3.63) is 28.9 Å². The highest BCUT2D eigenvalue weighted by Gasteiger charge is 2.04. The molecule has 2 rings (SSSR count). The number of halogens is 1. The number of anilines is 1. The van der Waals surface area contributed by atoms with Crippen LogP contribution in [0.3, 0.4) is 0 Å². The molecule has 18 heavy (non-hydrogen) atoms. The van der Waals surface area contributed by atoms with E-state index in [0.717, 1.165) is 29.7 Å². The SMILES string of the molecule is COc1nc(NCCCc2ncc[nH]2)ncc1Br. The first-order chi connectivity index (χ1) is 8.79. The molecular weight excluding hydrogens is 298 g/mol. The summed E-state index contributed by atoms with van der Waals surface area (Å²) in [5.41, 5.74) is 0. The van der Waals surface area contributed by atoms with E-state index in [2.05, 4.69) is 41.2 Å². The summed E-state index contributed by atoms with van der Waals surface area (Å²) in [4.78, 5) is 15.6. The van der Waals surface area contributed by atoms with Gasteiger partial charge in [-0.15, -0.1) is 0 Å². The first-order valence-corrected chi connectivity index (χ1v) is 6.37. The second-order valence-corrected chi connectivity index (χ2v) is 4.47. The van der Waals surface area contributed by atoms with Crippen molar-refractivity contribution in [1.82, 2.24) is 19.9 Å². The molecule has 0 radical (unpaired) electrons. The van der Waals surface area contributed by atoms with Crippen LogP contribution in [0.2, 0.25) is 0 Å². The Morgan fingerprint density at radius 3 is 3.06 bits per heavy atom. The van der Waals surface area contributed by atoms with Gasteiger partial charge in [-0.3, -0.25) is 0 Å². The van der Waals surface area contributed by atoms with Crippen LogP contribution in [0.4, 0.5) is 5.95 Å². The molecule has 0 bridgehead atoms. The Bertz CT molecular complexity index is 488. The lowest BCUT2D eigenvalue weighted by Crippen LogP contribution is -2.07. The van der Waals surface area contributed by atoms with Gasteiger partial charge in [-0.2, -0.15) is 4.98 Å². The van der Waals surface area contributed by atoms with Gasteiger partial charge in [0.05, 0.1) is 17.8 Å². The molecule has 0 fully saturated rings. The van der Waals surface area contributed by atoms with Crippen LogP contribution in [0.5, 0.6) is 5.88 Å². The Hall–Kier alpha value is -1.63. The highest BCUT2D eigenvalue weighted by molar-refractivity contribution is 9.10. The third kappa shape index (κ3) is 3.43. The summed E-state index contributed by atoms with van der Waals surface area (Å²) < 4.78 is 5.84. The number of rotatable bonds is 6. The summed E-state index contributed by atoms with van der Waals surface area (Å²) >= 11 is 3.31. The van der Waals surface area contributed by atoms with Gasteiger partial charge in [-0.1, -0.05) is 0 Å². The average Bonchev–Trinajstić information content (AvgIpc) is 2.89. The largest absolute Gasteiger partial charge is 0.480 e. The molecular formula is C11H14BrN5O. The van der Waals surface area contributed by atoms with Crippen LogP contribution in [-0.4, -0.2) is 33.6 Å². The van der Waals surface area contributed by atoms with E-state index in [-0.39, 0.29) is 0 Å². The Balaban J connectivity index is 1.79. The van der Waals surface area contributed by atoms with Crippen LogP contribution in [0, 0.1) is 0 Å². The standard InChI is InChI=1S/C11H14BrN5O/c1-18-10-8(12)7-16-11(17-10)15-4-2-3-9-13-5-6-14-9/h5-7H,2-4H2,1H3,(H,13,14)(H,15,16,17). The van der Waals surface area contributed by atoms with Crippen molar-refractivity contribution in [1.29, 1.82) is 0 Å². The molecule has 6 nitrogen and oxygen atoms in total. The monoisotopic (exact) mass is 311 g/mol. The number of aryl methyl sites for hydroxylation is 1. The minimum atomic E-state index is 0.526. The van der Waals surface area contributed by atoms with E-state index in [0.29, 0.717) is 11.8 Å². The van der Waals surface area contributed by atoms with E-state index in [4.69, 9.17) is 4.74 Å². The normalized spacial score (nSPS) is 10.3. The number of methoxy groups -OCH3 is 1. The fourth-order valence-corrected chi connectivity index (χ4v) is 1.82. The molecule has 0 unspecified atom stereocenters. The van der Waals surface area contributed by atoms with E-state index in [9.17, 15) is 0 Å². The molecule has 0 amide bonds. The zero-order valence-corrected chi connectivity index (χ0v) is 11.6. The van der Waals surface area contributed by atoms with Gasteiger partial charge >= 0.3 is 0 Å². The summed E-state index contributed by atoms with van der Waals surface area (Å²) in [6.07, 6.45) is 7.10. The molecule has 0 atom stereocenters. The second-order valence-electron chi connectivity index (χ2n) is 3.62. The molecule has 2 aromatic rings. The Morgan fingerprint density at radius 1 is 1.44 bits per heavy atom. The van der Waals surface area contributed by atoms with Crippen molar-refractivity contribution in [2.45, 2.75) is 12.8 Å². The molecule has 0 saturated carbocycles. The van der Waals surface area contributed by atoms with Crippen LogP contribution in [0.15, 0.2) is 23.1 Å². The molecule has 0 spiro atoms. The van der Waals surface area contributed by atoms with Crippen LogP contribution in [0.1, 0.15) is 12.2 Å². The molecule has 0 saturated heterocycles. The highest BCUT2D eigenvalue weighted by Crippen LogP contribution is 2.21. The predicted octanol–water partition coefficient (Wildman–Crippen LogP) is 2.02. The lowest BCUT2D eigenvalue weighted by atomic mass is 10.3. The quantitative estimate of drug-likeness (QED) is 0.798. The van der Waals surface area contributed by atoms with E-state index in [1.165, 1.54) is 0 Å². The Morgan fingerprint density at radius 2 is 2.33 bits per heavy atom. The highest BCUT2D eigenvalue weighted by atomic mass is 79.9. The van der Waals surface area contributed by atoms with Crippen molar-refractivity contribution >= 4 is 21.9 Å². The van der Waals surface area contributed by atoms with Gasteiger partial charge in [0.1, 0.15) is 5.82 Å². The molecule has 2 aromatic heterocycles. The molecule has 0 aliphatic carbocycles. The minimum absolute atomic E-state index is 0.526. The summed E-state index contributed by atoms with van der Waals surface area (Å²) in [6, 6.07) is 0. The van der Waals surface area contributed by atoms with E-state index >= 15 is 0 Å². The predicted molar refractivity (Wildman–Crippen MR) is 71.7 cm³/mol. The second kappa shape index (κ2) is 6.34. The fourth-order valence-electron chi connectivity index (χ4n) is 1.47. The molecule has 96 valence electrons. The van der Waals surface area contributed by atoms with Crippen LogP contribution >= 0.6 is 15.9 Å². The number of aromatic nitrogens is 4. The topological polar surface area (TPSA) is 75.7 Å². The van der Waals surface area contributed by atoms with Crippen LogP contribution < -0.4 is 10.1 Å². The first-order valence-electron chi connectivity index (χ1n) is 5.58. The Kier molecular flexibility index (Phi) is 4.52. The van der Waals surface area contributed by atoms with E-state index < -0.39 is 0 Å². The van der Waals surface area contributed by atoms with Gasteiger partial charge in [0, 0.05) is 25.4 Å². The summed E-state index contributed by atoms with van der Waals surface area (Å²) in [7, 11) is 1.58. The summed E-state index contributed by atoms with van der Waals surface area (Å²) in [6.45, 7) is 0.783. The Labute approximate surface area is 113 Å². The van der Waals surface area contributed by atoms with Crippen LogP contribution in [-0.2, 0) is 6.42 Å². The number of aromatic amines is 1. The van der Waals surface area contributed by atoms with Crippen molar-refractivity contribution in [2.75, 3.05) is 19.0 Å². The molecule has 0 aliphatic heterocycles. The molecule has 2 N–H and O–H groups in total. The number of nitrogens with zero attached hydrogens (tertiary/aromatic N) is 3. The third-order valence-electron chi connectivity index (χ3n) is 2.33. The maximum Gasteiger partial charge on any atom is 0.232 e. The first kappa shape index (κ1) is 12.8. The zero-order chi connectivity index (χ0) is 12.8. The summed E-state index contributed by atoms with van der Waals surface area (Å²) in [5, 5.41) is 3.14. The maximum absolute atomic E-state index is 5.10.